The molecule has 2 N–H and O–H groups in total. The van der Waals surface area contributed by atoms with Gasteiger partial charge >= 0.3 is 0 Å². The molecule has 0 saturated heterocycles. The lowest BCUT2D eigenvalue weighted by molar-refractivity contribution is 0.0992. The first-order valence-corrected chi connectivity index (χ1v) is 7.25. The molecule has 0 spiro atoms. The minimum atomic E-state index is -0.342. The molecule has 2 aromatic rings. The fraction of sp³-hybridized carbons (Fsp3) is 0.333. The Morgan fingerprint density at radius 1 is 1.05 bits per heavy atom. The molecule has 0 radical (unpaired) electrons. The average molecular weight is 268 g/mol. The Hall–Kier alpha value is -1.80. The molecule has 2 atom stereocenters. The van der Waals surface area contributed by atoms with E-state index < -0.39 is 0 Å². The van der Waals surface area contributed by atoms with E-state index in [9.17, 15) is 10.2 Å². The number of aryl methyl sites for hydroxylation is 1. The van der Waals surface area contributed by atoms with Crippen molar-refractivity contribution >= 4 is 0 Å². The van der Waals surface area contributed by atoms with Crippen molar-refractivity contribution in [2.75, 3.05) is 0 Å². The van der Waals surface area contributed by atoms with Crippen molar-refractivity contribution in [1.29, 1.82) is 0 Å². The summed E-state index contributed by atoms with van der Waals surface area (Å²) < 4.78 is 0. The van der Waals surface area contributed by atoms with Crippen molar-refractivity contribution in [1.82, 2.24) is 0 Å². The van der Waals surface area contributed by atoms with E-state index in [1.165, 1.54) is 11.1 Å². The number of phenolic OH excluding ortho intramolecular Hbond substituents is 1. The standard InChI is InChI=1S/C18H20O2/c19-17-7-3-4-13(10-17)11-18(20)16-9-8-14-5-1-2-6-15(14)12-16/h1-7,10,16,18-20H,8-9,11-12H2. The van der Waals surface area contributed by atoms with E-state index >= 15 is 0 Å². The maximum absolute atomic E-state index is 10.5. The molecule has 1 aliphatic carbocycles. The molecule has 0 bridgehead atoms. The molecule has 0 aliphatic heterocycles. The lowest BCUT2D eigenvalue weighted by Crippen LogP contribution is -2.28. The smallest absolute Gasteiger partial charge is 0.115 e. The number of hydrogen-bond acceptors (Lipinski definition) is 2. The summed E-state index contributed by atoms with van der Waals surface area (Å²) in [5.74, 6) is 0.580. The van der Waals surface area contributed by atoms with E-state index in [0.29, 0.717) is 12.3 Å². The lowest BCUT2D eigenvalue weighted by Gasteiger charge is -2.28. The van der Waals surface area contributed by atoms with Crippen molar-refractivity contribution in [3.05, 3.63) is 65.2 Å². The van der Waals surface area contributed by atoms with Gasteiger partial charge in [0.25, 0.3) is 0 Å². The van der Waals surface area contributed by atoms with Crippen LogP contribution in [0, 0.1) is 5.92 Å². The summed E-state index contributed by atoms with van der Waals surface area (Å²) in [4.78, 5) is 0. The van der Waals surface area contributed by atoms with Gasteiger partial charge in [-0.2, -0.15) is 0 Å². The predicted molar refractivity (Wildman–Crippen MR) is 79.8 cm³/mol. The fourth-order valence-corrected chi connectivity index (χ4v) is 3.15. The third-order valence-corrected chi connectivity index (χ3v) is 4.28. The minimum Gasteiger partial charge on any atom is -0.508 e. The maximum atomic E-state index is 10.5. The van der Waals surface area contributed by atoms with E-state index in [1.54, 1.807) is 12.1 Å². The second kappa shape index (κ2) is 5.68. The van der Waals surface area contributed by atoms with Crippen molar-refractivity contribution in [3.63, 3.8) is 0 Å². The molecule has 20 heavy (non-hydrogen) atoms. The summed E-state index contributed by atoms with van der Waals surface area (Å²) in [7, 11) is 0. The Bertz CT molecular complexity index is 591. The summed E-state index contributed by atoms with van der Waals surface area (Å²) in [5, 5.41) is 19.9. The van der Waals surface area contributed by atoms with Crippen LogP contribution in [-0.4, -0.2) is 16.3 Å². The van der Waals surface area contributed by atoms with Crippen LogP contribution >= 0.6 is 0 Å². The van der Waals surface area contributed by atoms with Crippen molar-refractivity contribution < 1.29 is 10.2 Å². The highest BCUT2D eigenvalue weighted by molar-refractivity contribution is 5.31. The van der Waals surface area contributed by atoms with Gasteiger partial charge in [-0.3, -0.25) is 0 Å². The Kier molecular flexibility index (Phi) is 3.75. The number of aliphatic hydroxyl groups is 1. The van der Waals surface area contributed by atoms with Crippen LogP contribution in [-0.2, 0) is 19.3 Å². The number of benzene rings is 2. The van der Waals surface area contributed by atoms with Crippen LogP contribution in [0.25, 0.3) is 0 Å². The molecule has 0 fully saturated rings. The van der Waals surface area contributed by atoms with Gasteiger partial charge in [0.2, 0.25) is 0 Å². The van der Waals surface area contributed by atoms with E-state index in [2.05, 4.69) is 24.3 Å². The van der Waals surface area contributed by atoms with Gasteiger partial charge in [0.15, 0.2) is 0 Å². The quantitative estimate of drug-likeness (QED) is 0.898. The number of aliphatic hydroxyl groups excluding tert-OH is 1. The first-order chi connectivity index (χ1) is 9.72. The molecule has 2 unspecified atom stereocenters. The predicted octanol–water partition coefficient (Wildman–Crippen LogP) is 3.10. The molecule has 2 aromatic carbocycles. The number of fused-ring (bicyclic) bond motifs is 1. The Labute approximate surface area is 119 Å². The molecular weight excluding hydrogens is 248 g/mol. The van der Waals surface area contributed by atoms with Crippen LogP contribution in [0.3, 0.4) is 0 Å². The summed E-state index contributed by atoms with van der Waals surface area (Å²) in [6.45, 7) is 0. The van der Waals surface area contributed by atoms with Gasteiger partial charge in [-0.1, -0.05) is 36.4 Å². The minimum absolute atomic E-state index is 0.267. The van der Waals surface area contributed by atoms with E-state index in [-0.39, 0.29) is 11.9 Å². The molecular formula is C18H20O2. The molecule has 3 rings (SSSR count). The largest absolute Gasteiger partial charge is 0.508 e. The third kappa shape index (κ3) is 2.86. The van der Waals surface area contributed by atoms with Gasteiger partial charge in [-0.05, 0) is 60.4 Å². The van der Waals surface area contributed by atoms with Crippen molar-refractivity contribution in [2.45, 2.75) is 31.8 Å². The Morgan fingerprint density at radius 3 is 2.65 bits per heavy atom. The van der Waals surface area contributed by atoms with Crippen LogP contribution in [0.1, 0.15) is 23.1 Å². The van der Waals surface area contributed by atoms with Crippen molar-refractivity contribution in [2.24, 2.45) is 5.92 Å². The first-order valence-electron chi connectivity index (χ1n) is 7.25. The zero-order chi connectivity index (χ0) is 13.9. The molecule has 0 heterocycles. The fourth-order valence-electron chi connectivity index (χ4n) is 3.15. The monoisotopic (exact) mass is 268 g/mol. The van der Waals surface area contributed by atoms with Gasteiger partial charge < -0.3 is 10.2 Å². The highest BCUT2D eigenvalue weighted by Crippen LogP contribution is 2.29. The normalized spacial score (nSPS) is 19.4. The van der Waals surface area contributed by atoms with E-state index in [0.717, 1.165) is 24.8 Å². The lowest BCUT2D eigenvalue weighted by atomic mass is 9.79. The summed E-state index contributed by atoms with van der Waals surface area (Å²) in [5.41, 5.74) is 3.79. The molecule has 0 saturated carbocycles. The van der Waals surface area contributed by atoms with Gasteiger partial charge in [0, 0.05) is 0 Å². The summed E-state index contributed by atoms with van der Waals surface area (Å²) >= 11 is 0. The van der Waals surface area contributed by atoms with Crippen LogP contribution in [0.15, 0.2) is 48.5 Å². The summed E-state index contributed by atoms with van der Waals surface area (Å²) in [6, 6.07) is 15.7. The zero-order valence-corrected chi connectivity index (χ0v) is 11.5. The van der Waals surface area contributed by atoms with Gasteiger partial charge in [0.1, 0.15) is 5.75 Å². The molecule has 2 nitrogen and oxygen atoms in total. The van der Waals surface area contributed by atoms with Crippen LogP contribution in [0.4, 0.5) is 0 Å². The SMILES string of the molecule is Oc1cccc(CC(O)C2CCc3ccccc3C2)c1. The number of phenols is 1. The highest BCUT2D eigenvalue weighted by Gasteiger charge is 2.24. The zero-order valence-electron chi connectivity index (χ0n) is 11.5. The number of rotatable bonds is 3. The topological polar surface area (TPSA) is 40.5 Å². The Morgan fingerprint density at radius 2 is 1.85 bits per heavy atom. The highest BCUT2D eigenvalue weighted by atomic mass is 16.3. The average Bonchev–Trinajstić information content (AvgIpc) is 2.47. The second-order valence-corrected chi connectivity index (χ2v) is 5.71. The van der Waals surface area contributed by atoms with E-state index in [1.807, 2.05) is 12.1 Å². The molecule has 0 amide bonds. The summed E-state index contributed by atoms with van der Waals surface area (Å²) in [6.07, 6.45) is 3.32. The van der Waals surface area contributed by atoms with Gasteiger partial charge in [-0.15, -0.1) is 0 Å². The first kappa shape index (κ1) is 13.2. The third-order valence-electron chi connectivity index (χ3n) is 4.28. The molecule has 104 valence electrons. The van der Waals surface area contributed by atoms with Crippen LogP contribution in [0.2, 0.25) is 0 Å². The van der Waals surface area contributed by atoms with Gasteiger partial charge in [-0.25, -0.2) is 0 Å². The number of aromatic hydroxyl groups is 1. The second-order valence-electron chi connectivity index (χ2n) is 5.71. The molecule has 0 aromatic heterocycles. The van der Waals surface area contributed by atoms with Gasteiger partial charge in [0.05, 0.1) is 6.10 Å². The number of hydrogen-bond donors (Lipinski definition) is 2. The van der Waals surface area contributed by atoms with E-state index in [4.69, 9.17) is 0 Å². The van der Waals surface area contributed by atoms with Crippen LogP contribution < -0.4 is 0 Å². The molecule has 2 heteroatoms. The maximum Gasteiger partial charge on any atom is 0.115 e. The Balaban J connectivity index is 1.68. The van der Waals surface area contributed by atoms with Crippen molar-refractivity contribution in [3.8, 4) is 5.75 Å². The van der Waals surface area contributed by atoms with Crippen LogP contribution in [0.5, 0.6) is 5.75 Å². The molecule has 1 aliphatic rings.